The molecule has 0 saturated heterocycles. The zero-order valence-electron chi connectivity index (χ0n) is 62.3. The Kier molecular flexibility index (Phi) is 64.0. The van der Waals surface area contributed by atoms with Crippen molar-refractivity contribution in [2.75, 3.05) is 39.6 Å². The van der Waals surface area contributed by atoms with Crippen LogP contribution in [-0.4, -0.2) is 96.7 Å². The van der Waals surface area contributed by atoms with Crippen LogP contribution in [0.25, 0.3) is 0 Å². The highest BCUT2D eigenvalue weighted by molar-refractivity contribution is 7.47. The second kappa shape index (κ2) is 65.4. The summed E-state index contributed by atoms with van der Waals surface area (Å²) in [6.07, 6.45) is 50.1. The Balaban J connectivity index is 5.20. The van der Waals surface area contributed by atoms with Gasteiger partial charge >= 0.3 is 39.5 Å². The first-order valence-corrected chi connectivity index (χ1v) is 42.2. The maximum Gasteiger partial charge on any atom is 0.472 e. The fraction of sp³-hybridized carbons (Fsp3) is 0.947. The van der Waals surface area contributed by atoms with Crippen molar-refractivity contribution in [1.82, 2.24) is 0 Å². The van der Waals surface area contributed by atoms with E-state index in [9.17, 15) is 43.2 Å². The van der Waals surface area contributed by atoms with E-state index in [2.05, 4.69) is 55.4 Å². The summed E-state index contributed by atoms with van der Waals surface area (Å²) in [5.41, 5.74) is 0. The van der Waals surface area contributed by atoms with Crippen LogP contribution in [0.15, 0.2) is 0 Å². The molecule has 19 heteroatoms. The Bertz CT molecular complexity index is 1870. The molecule has 0 radical (unpaired) electrons. The Morgan fingerprint density at radius 1 is 0.263 bits per heavy atom. The fourth-order valence-corrected chi connectivity index (χ4v) is 13.1. The Labute approximate surface area is 581 Å². The topological polar surface area (TPSA) is 237 Å². The summed E-state index contributed by atoms with van der Waals surface area (Å²) in [5, 5.41) is 10.6. The molecule has 0 fully saturated rings. The van der Waals surface area contributed by atoms with Gasteiger partial charge < -0.3 is 33.8 Å². The molecule has 0 rings (SSSR count). The first-order valence-electron chi connectivity index (χ1n) is 39.2. The number of hydrogen-bond donors (Lipinski definition) is 3. The molecule has 5 atom stereocenters. The van der Waals surface area contributed by atoms with Crippen LogP contribution in [0.4, 0.5) is 0 Å². The van der Waals surface area contributed by atoms with Gasteiger partial charge in [0.2, 0.25) is 0 Å². The molecule has 0 saturated carbocycles. The maximum absolute atomic E-state index is 13.1. The predicted octanol–water partition coefficient (Wildman–Crippen LogP) is 22.0. The molecule has 0 aromatic carbocycles. The van der Waals surface area contributed by atoms with Crippen molar-refractivity contribution in [1.29, 1.82) is 0 Å². The number of aliphatic hydroxyl groups is 1. The van der Waals surface area contributed by atoms with Gasteiger partial charge in [-0.2, -0.15) is 0 Å². The van der Waals surface area contributed by atoms with Crippen LogP contribution in [0, 0.1) is 23.7 Å². The molecule has 0 bridgehead atoms. The van der Waals surface area contributed by atoms with Gasteiger partial charge in [-0.3, -0.25) is 37.3 Å². The molecule has 0 aromatic rings. The van der Waals surface area contributed by atoms with Crippen molar-refractivity contribution < 1.29 is 80.2 Å². The molecule has 564 valence electrons. The van der Waals surface area contributed by atoms with E-state index in [1.54, 1.807) is 0 Å². The smallest absolute Gasteiger partial charge is 0.462 e. The summed E-state index contributed by atoms with van der Waals surface area (Å²) in [6, 6.07) is 0. The minimum Gasteiger partial charge on any atom is -0.462 e. The summed E-state index contributed by atoms with van der Waals surface area (Å²) in [7, 11) is -9.91. The number of unbranched alkanes of at least 4 members (excludes halogenated alkanes) is 39. The summed E-state index contributed by atoms with van der Waals surface area (Å²) in [6.45, 7) is 14.1. The standard InChI is InChI=1S/C76H148O17P2/c1-66(2)52-44-36-28-21-17-13-11-9-10-12-14-20-24-33-42-50-58-75(80)92-72(63-87-74(79)57-49-41-35-27-31-39-47-55-69(7)8)65-91-95(84,85)89-61-70(77)60-88-94(82,83)90-64-71(93-76(81)59-51-43-34-26-25-30-38-46-54-68(5)6)62-86-73(78)56-48-40-32-23-19-16-15-18-22-29-37-45-53-67(3)4/h66-72,77H,9-65H2,1-8H3,(H,82,83)(H,84,85)/t70?,71-,72-/m1/s1. The molecule has 3 unspecified atom stereocenters. The van der Waals surface area contributed by atoms with Gasteiger partial charge in [-0.05, 0) is 49.4 Å². The quantitative estimate of drug-likeness (QED) is 0.0222. The molecule has 0 amide bonds. The van der Waals surface area contributed by atoms with Crippen LogP contribution >= 0.6 is 15.6 Å². The maximum atomic E-state index is 13.1. The van der Waals surface area contributed by atoms with Crippen LogP contribution in [-0.2, 0) is 65.4 Å². The van der Waals surface area contributed by atoms with E-state index < -0.39 is 97.5 Å². The van der Waals surface area contributed by atoms with Crippen molar-refractivity contribution in [3.05, 3.63) is 0 Å². The highest BCUT2D eigenvalue weighted by Gasteiger charge is 2.30. The molecule has 95 heavy (non-hydrogen) atoms. The van der Waals surface area contributed by atoms with Gasteiger partial charge in [-0.15, -0.1) is 0 Å². The van der Waals surface area contributed by atoms with Crippen molar-refractivity contribution in [2.24, 2.45) is 23.7 Å². The normalized spacial score (nSPS) is 14.1. The third-order valence-electron chi connectivity index (χ3n) is 17.6. The van der Waals surface area contributed by atoms with Crippen molar-refractivity contribution in [3.8, 4) is 0 Å². The first kappa shape index (κ1) is 93.1. The van der Waals surface area contributed by atoms with Crippen molar-refractivity contribution in [3.63, 3.8) is 0 Å². The van der Waals surface area contributed by atoms with Crippen LogP contribution < -0.4 is 0 Å². The van der Waals surface area contributed by atoms with Gasteiger partial charge in [0.25, 0.3) is 0 Å². The molecule has 0 spiro atoms. The van der Waals surface area contributed by atoms with E-state index in [0.29, 0.717) is 31.6 Å². The lowest BCUT2D eigenvalue weighted by molar-refractivity contribution is -0.161. The summed E-state index contributed by atoms with van der Waals surface area (Å²) >= 11 is 0. The SMILES string of the molecule is CC(C)CCCCCCCCCCCCCCCCCCC(=O)O[C@H](COC(=O)CCCCCCCCCC(C)C)COP(=O)(O)OCC(O)COP(=O)(O)OC[C@@H](COC(=O)CCCCCCCCCCCCCCC(C)C)OC(=O)CCCCCCCCCCC(C)C. The van der Waals surface area contributed by atoms with E-state index in [-0.39, 0.29) is 25.7 Å². The lowest BCUT2D eigenvalue weighted by Gasteiger charge is -2.21. The van der Waals surface area contributed by atoms with E-state index in [4.69, 9.17) is 37.0 Å². The van der Waals surface area contributed by atoms with Gasteiger partial charge in [0.1, 0.15) is 19.3 Å². The lowest BCUT2D eigenvalue weighted by Crippen LogP contribution is -2.30. The van der Waals surface area contributed by atoms with Gasteiger partial charge in [0, 0.05) is 25.7 Å². The molecule has 0 aliphatic carbocycles. The average molecular weight is 1400 g/mol. The highest BCUT2D eigenvalue weighted by Crippen LogP contribution is 2.45. The number of phosphoric acid groups is 2. The van der Waals surface area contributed by atoms with Crippen LogP contribution in [0.3, 0.4) is 0 Å². The second-order valence-electron chi connectivity index (χ2n) is 29.3. The average Bonchev–Trinajstić information content (AvgIpc) is 1.31. The third kappa shape index (κ3) is 70.3. The number of rotatable bonds is 73. The highest BCUT2D eigenvalue weighted by atomic mass is 31.2. The third-order valence-corrected chi connectivity index (χ3v) is 19.5. The molecule has 0 aliphatic rings. The van der Waals surface area contributed by atoms with Crippen LogP contribution in [0.5, 0.6) is 0 Å². The lowest BCUT2D eigenvalue weighted by atomic mass is 10.0. The Morgan fingerprint density at radius 2 is 0.442 bits per heavy atom. The minimum absolute atomic E-state index is 0.104. The number of esters is 4. The van der Waals surface area contributed by atoms with Crippen LogP contribution in [0.1, 0.15) is 383 Å². The van der Waals surface area contributed by atoms with E-state index in [1.807, 2.05) is 0 Å². The molecule has 0 aromatic heterocycles. The molecular formula is C76H148O17P2. The van der Waals surface area contributed by atoms with Crippen molar-refractivity contribution in [2.45, 2.75) is 401 Å². The second-order valence-corrected chi connectivity index (χ2v) is 32.2. The van der Waals surface area contributed by atoms with Gasteiger partial charge in [-0.25, -0.2) is 9.13 Å². The number of carbonyl (C=O) groups is 4. The first-order chi connectivity index (χ1) is 45.6. The van der Waals surface area contributed by atoms with Gasteiger partial charge in [0.05, 0.1) is 26.4 Å². The monoisotopic (exact) mass is 1400 g/mol. The number of aliphatic hydroxyl groups excluding tert-OH is 1. The van der Waals surface area contributed by atoms with E-state index in [1.165, 1.54) is 180 Å². The number of phosphoric ester groups is 2. The molecule has 0 aliphatic heterocycles. The van der Waals surface area contributed by atoms with Gasteiger partial charge in [-0.1, -0.05) is 331 Å². The summed E-state index contributed by atoms with van der Waals surface area (Å²) < 4.78 is 68.5. The summed E-state index contributed by atoms with van der Waals surface area (Å²) in [5.74, 6) is 0.891. The Morgan fingerprint density at radius 3 is 0.653 bits per heavy atom. The molecule has 17 nitrogen and oxygen atoms in total. The number of ether oxygens (including phenoxy) is 4. The predicted molar refractivity (Wildman–Crippen MR) is 386 cm³/mol. The molecule has 0 heterocycles. The number of hydrogen-bond acceptors (Lipinski definition) is 15. The largest absolute Gasteiger partial charge is 0.472 e. The van der Waals surface area contributed by atoms with Crippen LogP contribution in [0.2, 0.25) is 0 Å². The summed E-state index contributed by atoms with van der Waals surface area (Å²) in [4.78, 5) is 72.8. The van der Waals surface area contributed by atoms with E-state index >= 15 is 0 Å². The van der Waals surface area contributed by atoms with Crippen molar-refractivity contribution >= 4 is 39.5 Å². The minimum atomic E-state index is -4.96. The van der Waals surface area contributed by atoms with E-state index in [0.717, 1.165) is 114 Å². The number of carbonyl (C=O) groups excluding carboxylic acids is 4. The molecular weight excluding hydrogens is 1250 g/mol. The Hall–Kier alpha value is -1.94. The molecule has 3 N–H and O–H groups in total. The zero-order chi connectivity index (χ0) is 70.3. The zero-order valence-corrected chi connectivity index (χ0v) is 64.1. The van der Waals surface area contributed by atoms with Gasteiger partial charge in [0.15, 0.2) is 12.2 Å². The fourth-order valence-electron chi connectivity index (χ4n) is 11.6.